The third kappa shape index (κ3) is 4.09. The first-order chi connectivity index (χ1) is 13.2. The molecule has 1 aliphatic rings. The molecule has 2 heterocycles. The van der Waals surface area contributed by atoms with E-state index < -0.39 is 0 Å². The summed E-state index contributed by atoms with van der Waals surface area (Å²) in [7, 11) is 0. The summed E-state index contributed by atoms with van der Waals surface area (Å²) in [5.74, 6) is 0. The lowest BCUT2D eigenvalue weighted by Crippen LogP contribution is -2.49. The van der Waals surface area contributed by atoms with Crippen LogP contribution in [0.2, 0.25) is 0 Å². The van der Waals surface area contributed by atoms with Crippen LogP contribution in [-0.4, -0.2) is 47.0 Å². The van der Waals surface area contributed by atoms with E-state index in [0.29, 0.717) is 0 Å². The highest BCUT2D eigenvalue weighted by Gasteiger charge is 2.21. The molecule has 0 spiro atoms. The molecule has 5 nitrogen and oxygen atoms in total. The Kier molecular flexibility index (Phi) is 5.03. The molecule has 0 radical (unpaired) electrons. The van der Waals surface area contributed by atoms with E-state index in [1.54, 1.807) is 6.20 Å². The van der Waals surface area contributed by atoms with Gasteiger partial charge in [0.05, 0.1) is 11.2 Å². The fourth-order valence-corrected chi connectivity index (χ4v) is 3.58. The standard InChI is InChI=1S/C22H24N4O/c1-17-5-2-6-18(15-17)16-25-11-13-26(14-12-25)22(27)24-20-9-3-7-19-8-4-10-23-21(19)20/h2-10,15H,11-14,16H2,1H3,(H,24,27). The van der Waals surface area contributed by atoms with Crippen molar-refractivity contribution >= 4 is 22.6 Å². The maximum atomic E-state index is 12.7. The number of para-hydroxylation sites is 1. The summed E-state index contributed by atoms with van der Waals surface area (Å²) in [5, 5.41) is 4.06. The van der Waals surface area contributed by atoms with Gasteiger partial charge in [-0.25, -0.2) is 4.79 Å². The number of fused-ring (bicyclic) bond motifs is 1. The molecule has 1 aromatic heterocycles. The molecule has 3 aromatic rings. The summed E-state index contributed by atoms with van der Waals surface area (Å²) in [6.45, 7) is 6.29. The molecule has 138 valence electrons. The monoisotopic (exact) mass is 360 g/mol. The fourth-order valence-electron chi connectivity index (χ4n) is 3.58. The van der Waals surface area contributed by atoms with E-state index in [0.717, 1.165) is 49.3 Å². The topological polar surface area (TPSA) is 48.5 Å². The van der Waals surface area contributed by atoms with Gasteiger partial charge in [-0.1, -0.05) is 48.0 Å². The second-order valence-electron chi connectivity index (χ2n) is 7.06. The van der Waals surface area contributed by atoms with E-state index in [1.807, 2.05) is 35.2 Å². The SMILES string of the molecule is Cc1cccc(CN2CCN(C(=O)Nc3cccc4cccnc34)CC2)c1. The van der Waals surface area contributed by atoms with Crippen LogP contribution in [0.25, 0.3) is 10.9 Å². The number of anilines is 1. The van der Waals surface area contributed by atoms with Gasteiger partial charge in [0.15, 0.2) is 0 Å². The summed E-state index contributed by atoms with van der Waals surface area (Å²) in [4.78, 5) is 21.4. The molecule has 1 fully saturated rings. The highest BCUT2D eigenvalue weighted by Crippen LogP contribution is 2.21. The van der Waals surface area contributed by atoms with Crippen LogP contribution in [0.5, 0.6) is 0 Å². The van der Waals surface area contributed by atoms with Gasteiger partial charge in [-0.2, -0.15) is 0 Å². The molecular formula is C22H24N4O. The number of urea groups is 1. The minimum absolute atomic E-state index is 0.0524. The van der Waals surface area contributed by atoms with Gasteiger partial charge in [-0.3, -0.25) is 9.88 Å². The van der Waals surface area contributed by atoms with Crippen LogP contribution in [0.1, 0.15) is 11.1 Å². The van der Waals surface area contributed by atoms with E-state index in [2.05, 4.69) is 46.4 Å². The van der Waals surface area contributed by atoms with E-state index in [1.165, 1.54) is 11.1 Å². The Morgan fingerprint density at radius 2 is 1.81 bits per heavy atom. The van der Waals surface area contributed by atoms with Crippen LogP contribution in [-0.2, 0) is 6.54 Å². The van der Waals surface area contributed by atoms with Crippen molar-refractivity contribution in [1.82, 2.24) is 14.8 Å². The second-order valence-corrected chi connectivity index (χ2v) is 7.06. The summed E-state index contributed by atoms with van der Waals surface area (Å²) in [6.07, 6.45) is 1.75. The number of carbonyl (C=O) groups is 1. The van der Waals surface area contributed by atoms with Gasteiger partial charge >= 0.3 is 6.03 Å². The van der Waals surface area contributed by atoms with Crippen molar-refractivity contribution in [2.24, 2.45) is 0 Å². The Balaban J connectivity index is 1.36. The van der Waals surface area contributed by atoms with Crippen LogP contribution in [0.4, 0.5) is 10.5 Å². The predicted octanol–water partition coefficient (Wildman–Crippen LogP) is 3.89. The lowest BCUT2D eigenvalue weighted by molar-refractivity contribution is 0.143. The van der Waals surface area contributed by atoms with E-state index in [4.69, 9.17) is 0 Å². The molecule has 1 aliphatic heterocycles. The van der Waals surface area contributed by atoms with Crippen molar-refractivity contribution in [3.8, 4) is 0 Å². The minimum Gasteiger partial charge on any atom is -0.322 e. The molecule has 2 amide bonds. The number of nitrogens with one attached hydrogen (secondary N) is 1. The number of piperazine rings is 1. The zero-order valence-corrected chi connectivity index (χ0v) is 15.6. The number of nitrogens with zero attached hydrogens (tertiary/aromatic N) is 3. The number of amides is 2. The summed E-state index contributed by atoms with van der Waals surface area (Å²) in [6, 6.07) is 18.3. The van der Waals surface area contributed by atoms with E-state index >= 15 is 0 Å². The van der Waals surface area contributed by atoms with E-state index in [-0.39, 0.29) is 6.03 Å². The molecule has 2 aromatic carbocycles. The number of hydrogen-bond acceptors (Lipinski definition) is 3. The molecule has 1 N–H and O–H groups in total. The highest BCUT2D eigenvalue weighted by atomic mass is 16.2. The number of carbonyl (C=O) groups excluding carboxylic acids is 1. The van der Waals surface area contributed by atoms with Crippen LogP contribution in [0.15, 0.2) is 60.8 Å². The zero-order valence-electron chi connectivity index (χ0n) is 15.6. The molecule has 4 rings (SSSR count). The van der Waals surface area contributed by atoms with Crippen molar-refractivity contribution in [3.63, 3.8) is 0 Å². The molecule has 0 saturated carbocycles. The first kappa shape index (κ1) is 17.5. The first-order valence-electron chi connectivity index (χ1n) is 9.36. The number of benzene rings is 2. The minimum atomic E-state index is -0.0524. The summed E-state index contributed by atoms with van der Waals surface area (Å²) in [5.41, 5.74) is 4.20. The molecule has 0 atom stereocenters. The van der Waals surface area contributed by atoms with Crippen molar-refractivity contribution < 1.29 is 4.79 Å². The number of hydrogen-bond donors (Lipinski definition) is 1. The third-order valence-electron chi connectivity index (χ3n) is 5.02. The van der Waals surface area contributed by atoms with Gasteiger partial charge in [-0.15, -0.1) is 0 Å². The van der Waals surface area contributed by atoms with Crippen molar-refractivity contribution in [2.45, 2.75) is 13.5 Å². The molecule has 5 heteroatoms. The molecule has 1 saturated heterocycles. The Morgan fingerprint density at radius 1 is 1.04 bits per heavy atom. The molecule has 27 heavy (non-hydrogen) atoms. The van der Waals surface area contributed by atoms with Gasteiger partial charge in [0.25, 0.3) is 0 Å². The van der Waals surface area contributed by atoms with Crippen LogP contribution < -0.4 is 5.32 Å². The Bertz CT molecular complexity index is 942. The fraction of sp³-hybridized carbons (Fsp3) is 0.273. The van der Waals surface area contributed by atoms with Crippen molar-refractivity contribution in [3.05, 3.63) is 71.9 Å². The summed E-state index contributed by atoms with van der Waals surface area (Å²) < 4.78 is 0. The predicted molar refractivity (Wildman–Crippen MR) is 109 cm³/mol. The van der Waals surface area contributed by atoms with Gasteiger partial charge in [0, 0.05) is 44.3 Å². The van der Waals surface area contributed by atoms with Gasteiger partial charge < -0.3 is 10.2 Å². The van der Waals surface area contributed by atoms with Gasteiger partial charge in [-0.05, 0) is 24.6 Å². The normalized spacial score (nSPS) is 15.1. The Labute approximate surface area is 159 Å². The van der Waals surface area contributed by atoms with Crippen molar-refractivity contribution in [1.29, 1.82) is 0 Å². The average molecular weight is 360 g/mol. The molecule has 0 bridgehead atoms. The lowest BCUT2D eigenvalue weighted by atomic mass is 10.1. The van der Waals surface area contributed by atoms with Crippen molar-refractivity contribution in [2.75, 3.05) is 31.5 Å². The molecular weight excluding hydrogens is 336 g/mol. The number of pyridine rings is 1. The number of aromatic nitrogens is 1. The first-order valence-corrected chi connectivity index (χ1v) is 9.36. The third-order valence-corrected chi connectivity index (χ3v) is 5.02. The van der Waals surface area contributed by atoms with Crippen LogP contribution >= 0.6 is 0 Å². The van der Waals surface area contributed by atoms with E-state index in [9.17, 15) is 4.79 Å². The number of rotatable bonds is 3. The average Bonchev–Trinajstić information content (AvgIpc) is 2.69. The largest absolute Gasteiger partial charge is 0.322 e. The Morgan fingerprint density at radius 3 is 2.63 bits per heavy atom. The van der Waals surface area contributed by atoms with Crippen LogP contribution in [0, 0.1) is 6.92 Å². The summed E-state index contributed by atoms with van der Waals surface area (Å²) >= 11 is 0. The smallest absolute Gasteiger partial charge is 0.321 e. The zero-order chi connectivity index (χ0) is 18.6. The molecule has 0 unspecified atom stereocenters. The second kappa shape index (κ2) is 7.76. The van der Waals surface area contributed by atoms with Gasteiger partial charge in [0.2, 0.25) is 0 Å². The quantitative estimate of drug-likeness (QED) is 0.771. The lowest BCUT2D eigenvalue weighted by Gasteiger charge is -2.34. The maximum absolute atomic E-state index is 12.7. The Hall–Kier alpha value is -2.92. The van der Waals surface area contributed by atoms with Gasteiger partial charge in [0.1, 0.15) is 0 Å². The highest BCUT2D eigenvalue weighted by molar-refractivity contribution is 5.99. The number of aryl methyl sites for hydroxylation is 1. The maximum Gasteiger partial charge on any atom is 0.321 e. The van der Waals surface area contributed by atoms with Crippen LogP contribution in [0.3, 0.4) is 0 Å². The molecule has 0 aliphatic carbocycles.